The summed E-state index contributed by atoms with van der Waals surface area (Å²) >= 11 is 0. The lowest BCUT2D eigenvalue weighted by Crippen LogP contribution is -2.61. The zero-order valence-electron chi connectivity index (χ0n) is 14.9. The van der Waals surface area contributed by atoms with Crippen LogP contribution in [0.3, 0.4) is 0 Å². The van der Waals surface area contributed by atoms with Crippen LogP contribution in [0.25, 0.3) is 0 Å². The standard InChI is InChI=1S/C18H24FN3O3/c1-13(23)22-11-10-21(12-16(22)18(25)20(2)3)17(24)9-6-14-4-7-15(19)8-5-14/h4-5,7-8,16H,6,9-12H2,1-3H3. The number of carbonyl (C=O) groups excluding carboxylic acids is 3. The first kappa shape index (κ1) is 18.9. The first-order valence-corrected chi connectivity index (χ1v) is 8.30. The van der Waals surface area contributed by atoms with Gasteiger partial charge in [0.05, 0.1) is 6.54 Å². The number of aryl methyl sites for hydroxylation is 1. The van der Waals surface area contributed by atoms with Gasteiger partial charge in [0.2, 0.25) is 17.7 Å². The highest BCUT2D eigenvalue weighted by Crippen LogP contribution is 2.14. The fourth-order valence-corrected chi connectivity index (χ4v) is 2.96. The molecule has 0 bridgehead atoms. The second-order valence-corrected chi connectivity index (χ2v) is 6.43. The Kier molecular flexibility index (Phi) is 6.12. The number of rotatable bonds is 4. The first-order valence-electron chi connectivity index (χ1n) is 8.30. The second-order valence-electron chi connectivity index (χ2n) is 6.43. The van der Waals surface area contributed by atoms with Gasteiger partial charge in [-0.05, 0) is 24.1 Å². The number of halogens is 1. The molecule has 1 aliphatic rings. The summed E-state index contributed by atoms with van der Waals surface area (Å²) in [5.74, 6) is -0.727. The fourth-order valence-electron chi connectivity index (χ4n) is 2.96. The molecule has 0 radical (unpaired) electrons. The van der Waals surface area contributed by atoms with E-state index >= 15 is 0 Å². The van der Waals surface area contributed by atoms with E-state index in [1.807, 2.05) is 0 Å². The van der Waals surface area contributed by atoms with E-state index in [4.69, 9.17) is 0 Å². The van der Waals surface area contributed by atoms with Crippen LogP contribution in [-0.4, -0.2) is 72.2 Å². The molecule has 2 rings (SSSR count). The number of likely N-dealkylation sites (N-methyl/N-ethyl adjacent to an activating group) is 1. The quantitative estimate of drug-likeness (QED) is 0.812. The zero-order valence-corrected chi connectivity index (χ0v) is 14.9. The number of piperazine rings is 1. The Balaban J connectivity index is 1.99. The van der Waals surface area contributed by atoms with Crippen molar-refractivity contribution in [3.8, 4) is 0 Å². The minimum absolute atomic E-state index is 0.0657. The molecule has 1 heterocycles. The molecule has 3 amide bonds. The van der Waals surface area contributed by atoms with Gasteiger partial charge in [0.25, 0.3) is 0 Å². The lowest BCUT2D eigenvalue weighted by molar-refractivity contribution is -0.150. The number of amides is 3. The summed E-state index contributed by atoms with van der Waals surface area (Å²) in [6.07, 6.45) is 0.799. The normalized spacial score (nSPS) is 17.4. The molecule has 1 atom stereocenters. The molecule has 1 aromatic rings. The highest BCUT2D eigenvalue weighted by Gasteiger charge is 2.36. The lowest BCUT2D eigenvalue weighted by Gasteiger charge is -2.41. The Morgan fingerprint density at radius 1 is 1.16 bits per heavy atom. The van der Waals surface area contributed by atoms with Gasteiger partial charge in [-0.15, -0.1) is 0 Å². The van der Waals surface area contributed by atoms with Crippen molar-refractivity contribution in [2.75, 3.05) is 33.7 Å². The van der Waals surface area contributed by atoms with Gasteiger partial charge in [0.15, 0.2) is 0 Å². The predicted molar refractivity (Wildman–Crippen MR) is 91.2 cm³/mol. The van der Waals surface area contributed by atoms with Gasteiger partial charge in [0.1, 0.15) is 11.9 Å². The smallest absolute Gasteiger partial charge is 0.246 e. The maximum absolute atomic E-state index is 12.9. The Morgan fingerprint density at radius 3 is 2.36 bits per heavy atom. The minimum Gasteiger partial charge on any atom is -0.347 e. The van der Waals surface area contributed by atoms with Crippen molar-refractivity contribution in [3.05, 3.63) is 35.6 Å². The van der Waals surface area contributed by atoms with Crippen molar-refractivity contribution in [1.82, 2.24) is 14.7 Å². The fraction of sp³-hybridized carbons (Fsp3) is 0.500. The van der Waals surface area contributed by atoms with Gasteiger partial charge in [-0.25, -0.2) is 4.39 Å². The van der Waals surface area contributed by atoms with Gasteiger partial charge < -0.3 is 14.7 Å². The van der Waals surface area contributed by atoms with E-state index in [0.29, 0.717) is 19.5 Å². The molecule has 0 aliphatic carbocycles. The summed E-state index contributed by atoms with van der Waals surface area (Å²) in [4.78, 5) is 41.2. The van der Waals surface area contributed by atoms with Crippen molar-refractivity contribution in [1.29, 1.82) is 0 Å². The summed E-state index contributed by atoms with van der Waals surface area (Å²) in [6, 6.07) is 5.42. The summed E-state index contributed by atoms with van der Waals surface area (Å²) in [5, 5.41) is 0. The van der Waals surface area contributed by atoms with Gasteiger partial charge in [-0.3, -0.25) is 14.4 Å². The number of carbonyl (C=O) groups is 3. The Bertz CT molecular complexity index is 645. The molecule has 1 unspecified atom stereocenters. The summed E-state index contributed by atoms with van der Waals surface area (Å²) in [7, 11) is 3.27. The molecule has 0 aromatic heterocycles. The van der Waals surface area contributed by atoms with Crippen LogP contribution >= 0.6 is 0 Å². The van der Waals surface area contributed by atoms with E-state index in [1.54, 1.807) is 31.1 Å². The van der Waals surface area contributed by atoms with E-state index in [2.05, 4.69) is 0 Å². The van der Waals surface area contributed by atoms with Gasteiger partial charge >= 0.3 is 0 Å². The molecule has 1 aromatic carbocycles. The highest BCUT2D eigenvalue weighted by molar-refractivity contribution is 5.88. The molecule has 136 valence electrons. The zero-order chi connectivity index (χ0) is 18.6. The molecule has 0 N–H and O–H groups in total. The van der Waals surface area contributed by atoms with Crippen LogP contribution in [0.5, 0.6) is 0 Å². The summed E-state index contributed by atoms with van der Waals surface area (Å²) < 4.78 is 12.9. The molecule has 0 spiro atoms. The molecule has 25 heavy (non-hydrogen) atoms. The topological polar surface area (TPSA) is 60.9 Å². The second kappa shape index (κ2) is 8.09. The van der Waals surface area contributed by atoms with Crippen molar-refractivity contribution in [2.45, 2.75) is 25.8 Å². The number of nitrogens with zero attached hydrogens (tertiary/aromatic N) is 3. The molecule has 1 aliphatic heterocycles. The maximum atomic E-state index is 12.9. The van der Waals surface area contributed by atoms with Crippen molar-refractivity contribution < 1.29 is 18.8 Å². The van der Waals surface area contributed by atoms with Crippen molar-refractivity contribution in [2.24, 2.45) is 0 Å². The number of hydrogen-bond donors (Lipinski definition) is 0. The lowest BCUT2D eigenvalue weighted by atomic mass is 10.1. The summed E-state index contributed by atoms with van der Waals surface area (Å²) in [5.41, 5.74) is 0.887. The van der Waals surface area contributed by atoms with Crippen LogP contribution in [0, 0.1) is 5.82 Å². The molecule has 0 saturated carbocycles. The van der Waals surface area contributed by atoms with Crippen LogP contribution in [0.1, 0.15) is 18.9 Å². The molecular weight excluding hydrogens is 325 g/mol. The Hall–Kier alpha value is -2.44. The average Bonchev–Trinajstić information content (AvgIpc) is 2.59. The monoisotopic (exact) mass is 349 g/mol. The van der Waals surface area contributed by atoms with Gasteiger partial charge in [-0.1, -0.05) is 12.1 Å². The Labute approximate surface area is 147 Å². The molecule has 1 fully saturated rings. The van der Waals surface area contributed by atoms with Crippen LogP contribution in [0.2, 0.25) is 0 Å². The van der Waals surface area contributed by atoms with Crippen molar-refractivity contribution in [3.63, 3.8) is 0 Å². The average molecular weight is 349 g/mol. The number of benzene rings is 1. The predicted octanol–water partition coefficient (Wildman–Crippen LogP) is 0.906. The van der Waals surface area contributed by atoms with Gasteiger partial charge in [-0.2, -0.15) is 0 Å². The van der Waals surface area contributed by atoms with Crippen LogP contribution in [0.15, 0.2) is 24.3 Å². The van der Waals surface area contributed by atoms with Gasteiger partial charge in [0, 0.05) is 40.5 Å². The summed E-state index contributed by atoms with van der Waals surface area (Å²) in [6.45, 7) is 2.40. The van der Waals surface area contributed by atoms with E-state index in [-0.39, 0.29) is 36.5 Å². The largest absolute Gasteiger partial charge is 0.347 e. The molecule has 1 saturated heterocycles. The molecular formula is C18H24FN3O3. The third kappa shape index (κ3) is 4.78. The van der Waals surface area contributed by atoms with E-state index < -0.39 is 6.04 Å². The molecule has 7 heteroatoms. The van der Waals surface area contributed by atoms with Crippen molar-refractivity contribution >= 4 is 17.7 Å². The number of hydrogen-bond acceptors (Lipinski definition) is 3. The SMILES string of the molecule is CC(=O)N1CCN(C(=O)CCc2ccc(F)cc2)CC1C(=O)N(C)C. The van der Waals surface area contributed by atoms with Crippen LogP contribution < -0.4 is 0 Å². The highest BCUT2D eigenvalue weighted by atomic mass is 19.1. The first-order chi connectivity index (χ1) is 11.8. The minimum atomic E-state index is -0.643. The molecule has 6 nitrogen and oxygen atoms in total. The third-order valence-electron chi connectivity index (χ3n) is 4.40. The maximum Gasteiger partial charge on any atom is 0.246 e. The van der Waals surface area contributed by atoms with Crippen LogP contribution in [-0.2, 0) is 20.8 Å². The Morgan fingerprint density at radius 2 is 1.80 bits per heavy atom. The third-order valence-corrected chi connectivity index (χ3v) is 4.40. The van der Waals surface area contributed by atoms with E-state index in [9.17, 15) is 18.8 Å². The van der Waals surface area contributed by atoms with E-state index in [0.717, 1.165) is 5.56 Å². The van der Waals surface area contributed by atoms with E-state index in [1.165, 1.54) is 28.9 Å². The van der Waals surface area contributed by atoms with Crippen LogP contribution in [0.4, 0.5) is 4.39 Å².